The molecular formula is C14H20O3. The molecule has 0 aliphatic carbocycles. The molecule has 0 fully saturated rings. The van der Waals surface area contributed by atoms with Gasteiger partial charge in [0.15, 0.2) is 6.10 Å². The van der Waals surface area contributed by atoms with Gasteiger partial charge >= 0.3 is 5.97 Å². The van der Waals surface area contributed by atoms with Crippen molar-refractivity contribution >= 4 is 5.97 Å². The quantitative estimate of drug-likeness (QED) is 0.683. The summed E-state index contributed by atoms with van der Waals surface area (Å²) in [5.41, 5.74) is 1.06. The van der Waals surface area contributed by atoms with E-state index in [0.29, 0.717) is 19.6 Å². The molecule has 0 radical (unpaired) electrons. The minimum absolute atomic E-state index is 0.259. The third-order valence-electron chi connectivity index (χ3n) is 2.38. The molecular weight excluding hydrogens is 216 g/mol. The van der Waals surface area contributed by atoms with Gasteiger partial charge in [0.25, 0.3) is 0 Å². The van der Waals surface area contributed by atoms with Gasteiger partial charge in [0.1, 0.15) is 0 Å². The number of carbonyl (C=O) groups is 1. The van der Waals surface area contributed by atoms with Gasteiger partial charge in [-0.05, 0) is 18.4 Å². The molecule has 0 saturated carbocycles. The second kappa shape index (κ2) is 7.85. The van der Waals surface area contributed by atoms with Gasteiger partial charge in [0, 0.05) is 0 Å². The number of hydrogen-bond donors (Lipinski definition) is 0. The zero-order valence-electron chi connectivity index (χ0n) is 10.5. The maximum absolute atomic E-state index is 11.6. The third-order valence-corrected chi connectivity index (χ3v) is 2.38. The maximum atomic E-state index is 11.6. The molecule has 94 valence electrons. The second-order valence-electron chi connectivity index (χ2n) is 3.86. The van der Waals surface area contributed by atoms with Gasteiger partial charge in [-0.2, -0.15) is 0 Å². The van der Waals surface area contributed by atoms with Gasteiger partial charge in [-0.25, -0.2) is 4.79 Å². The van der Waals surface area contributed by atoms with E-state index < -0.39 is 6.10 Å². The summed E-state index contributed by atoms with van der Waals surface area (Å²) < 4.78 is 10.6. The van der Waals surface area contributed by atoms with Crippen molar-refractivity contribution in [1.29, 1.82) is 0 Å². The van der Waals surface area contributed by atoms with Crippen LogP contribution in [0.3, 0.4) is 0 Å². The van der Waals surface area contributed by atoms with Gasteiger partial charge in [0.05, 0.1) is 13.2 Å². The molecule has 1 aromatic rings. The molecule has 0 amide bonds. The van der Waals surface area contributed by atoms with Crippen LogP contribution < -0.4 is 0 Å². The summed E-state index contributed by atoms with van der Waals surface area (Å²) in [4.78, 5) is 11.6. The van der Waals surface area contributed by atoms with Crippen molar-refractivity contribution < 1.29 is 14.3 Å². The van der Waals surface area contributed by atoms with E-state index in [2.05, 4.69) is 0 Å². The third kappa shape index (κ3) is 5.00. The van der Waals surface area contributed by atoms with E-state index in [-0.39, 0.29) is 5.97 Å². The van der Waals surface area contributed by atoms with Crippen molar-refractivity contribution in [1.82, 2.24) is 0 Å². The zero-order valence-corrected chi connectivity index (χ0v) is 10.5. The summed E-state index contributed by atoms with van der Waals surface area (Å²) in [6.45, 7) is 4.80. The number of benzene rings is 1. The Morgan fingerprint density at radius 1 is 1.24 bits per heavy atom. The van der Waals surface area contributed by atoms with Crippen molar-refractivity contribution in [2.75, 3.05) is 6.61 Å². The van der Waals surface area contributed by atoms with Crippen molar-refractivity contribution in [3.8, 4) is 0 Å². The van der Waals surface area contributed by atoms with Gasteiger partial charge in [-0.1, -0.05) is 44.2 Å². The fourth-order valence-corrected chi connectivity index (χ4v) is 1.42. The number of rotatable bonds is 7. The van der Waals surface area contributed by atoms with E-state index in [1.807, 2.05) is 44.2 Å². The van der Waals surface area contributed by atoms with Crippen LogP contribution in [0.15, 0.2) is 30.3 Å². The Labute approximate surface area is 103 Å². The lowest BCUT2D eigenvalue weighted by Crippen LogP contribution is -2.26. The maximum Gasteiger partial charge on any atom is 0.335 e. The van der Waals surface area contributed by atoms with E-state index in [9.17, 15) is 4.79 Å². The smallest absolute Gasteiger partial charge is 0.335 e. The molecule has 3 heteroatoms. The summed E-state index contributed by atoms with van der Waals surface area (Å²) in [6.07, 6.45) is 1.01. The first kappa shape index (κ1) is 13.7. The average molecular weight is 236 g/mol. The van der Waals surface area contributed by atoms with E-state index in [0.717, 1.165) is 12.0 Å². The Kier molecular flexibility index (Phi) is 6.33. The molecule has 1 rings (SSSR count). The molecule has 0 saturated heterocycles. The first-order chi connectivity index (χ1) is 8.27. The molecule has 0 heterocycles. The van der Waals surface area contributed by atoms with Crippen LogP contribution >= 0.6 is 0 Å². The minimum atomic E-state index is -0.457. The van der Waals surface area contributed by atoms with E-state index in [1.165, 1.54) is 0 Å². The van der Waals surface area contributed by atoms with Crippen LogP contribution in [0.25, 0.3) is 0 Å². The lowest BCUT2D eigenvalue weighted by atomic mass is 10.2. The summed E-state index contributed by atoms with van der Waals surface area (Å²) in [7, 11) is 0. The predicted octanol–water partition coefficient (Wildman–Crippen LogP) is 2.94. The molecule has 0 N–H and O–H groups in total. The van der Waals surface area contributed by atoms with Crippen molar-refractivity contribution in [3.05, 3.63) is 35.9 Å². The predicted molar refractivity (Wildman–Crippen MR) is 66.6 cm³/mol. The Balaban J connectivity index is 2.39. The number of ether oxygens (including phenoxy) is 2. The van der Waals surface area contributed by atoms with Crippen LogP contribution in [0.2, 0.25) is 0 Å². The van der Waals surface area contributed by atoms with Crippen LogP contribution in [0, 0.1) is 0 Å². The number of hydrogen-bond acceptors (Lipinski definition) is 3. The van der Waals surface area contributed by atoms with Crippen molar-refractivity contribution in [2.24, 2.45) is 0 Å². The van der Waals surface area contributed by atoms with Gasteiger partial charge in [0.2, 0.25) is 0 Å². The second-order valence-corrected chi connectivity index (χ2v) is 3.86. The summed E-state index contributed by atoms with van der Waals surface area (Å²) in [5.74, 6) is -0.259. The van der Waals surface area contributed by atoms with E-state index >= 15 is 0 Å². The highest BCUT2D eigenvalue weighted by Gasteiger charge is 2.18. The van der Waals surface area contributed by atoms with Crippen molar-refractivity contribution in [2.45, 2.75) is 39.4 Å². The van der Waals surface area contributed by atoms with Crippen LogP contribution in [-0.4, -0.2) is 18.7 Å². The van der Waals surface area contributed by atoms with Crippen molar-refractivity contribution in [3.63, 3.8) is 0 Å². The lowest BCUT2D eigenvalue weighted by molar-refractivity contribution is -0.158. The van der Waals surface area contributed by atoms with E-state index in [4.69, 9.17) is 9.47 Å². The number of carbonyl (C=O) groups excluding carboxylic acids is 1. The average Bonchev–Trinajstić information content (AvgIpc) is 2.38. The highest BCUT2D eigenvalue weighted by atomic mass is 16.6. The minimum Gasteiger partial charge on any atom is -0.464 e. The standard InChI is InChI=1S/C14H20O3/c1-3-10-16-14(15)13(4-2)17-11-12-8-6-5-7-9-12/h5-9,13H,3-4,10-11H2,1-2H3. The zero-order chi connectivity index (χ0) is 12.5. The Bertz CT molecular complexity index is 321. The first-order valence-corrected chi connectivity index (χ1v) is 6.10. The summed E-state index contributed by atoms with van der Waals surface area (Å²) >= 11 is 0. The Morgan fingerprint density at radius 2 is 1.94 bits per heavy atom. The van der Waals surface area contributed by atoms with Gasteiger partial charge in [-0.3, -0.25) is 0 Å². The molecule has 1 aromatic carbocycles. The van der Waals surface area contributed by atoms with Gasteiger partial charge in [-0.15, -0.1) is 0 Å². The highest BCUT2D eigenvalue weighted by Crippen LogP contribution is 2.07. The Morgan fingerprint density at radius 3 is 2.53 bits per heavy atom. The molecule has 0 aliphatic heterocycles. The molecule has 1 atom stereocenters. The summed E-state index contributed by atoms with van der Waals surface area (Å²) in [5, 5.41) is 0. The highest BCUT2D eigenvalue weighted by molar-refractivity contribution is 5.74. The molecule has 0 spiro atoms. The van der Waals surface area contributed by atoms with Crippen LogP contribution in [0.4, 0.5) is 0 Å². The summed E-state index contributed by atoms with van der Waals surface area (Å²) in [6, 6.07) is 9.81. The van der Waals surface area contributed by atoms with Crippen LogP contribution in [0.5, 0.6) is 0 Å². The largest absolute Gasteiger partial charge is 0.464 e. The lowest BCUT2D eigenvalue weighted by Gasteiger charge is -2.14. The fourth-order valence-electron chi connectivity index (χ4n) is 1.42. The monoisotopic (exact) mass is 236 g/mol. The molecule has 3 nitrogen and oxygen atoms in total. The first-order valence-electron chi connectivity index (χ1n) is 6.10. The van der Waals surface area contributed by atoms with E-state index in [1.54, 1.807) is 0 Å². The molecule has 0 bridgehead atoms. The molecule has 1 unspecified atom stereocenters. The molecule has 0 aromatic heterocycles. The van der Waals surface area contributed by atoms with Crippen LogP contribution in [-0.2, 0) is 20.9 Å². The topological polar surface area (TPSA) is 35.5 Å². The van der Waals surface area contributed by atoms with Crippen LogP contribution in [0.1, 0.15) is 32.3 Å². The normalized spacial score (nSPS) is 12.1. The number of esters is 1. The molecule has 0 aliphatic rings. The fraction of sp³-hybridized carbons (Fsp3) is 0.500. The van der Waals surface area contributed by atoms with Gasteiger partial charge < -0.3 is 9.47 Å². The Hall–Kier alpha value is -1.35. The molecule has 17 heavy (non-hydrogen) atoms. The SMILES string of the molecule is CCCOC(=O)C(CC)OCc1ccccc1.